The molecule has 7 nitrogen and oxygen atoms in total. The Morgan fingerprint density at radius 1 is 1.03 bits per heavy atom. The van der Waals surface area contributed by atoms with E-state index in [4.69, 9.17) is 30.2 Å². The molecule has 3 aromatic carbocycles. The summed E-state index contributed by atoms with van der Waals surface area (Å²) in [6, 6.07) is 18.3. The molecule has 0 aliphatic rings. The molecule has 0 atom stereocenters. The van der Waals surface area contributed by atoms with Crippen LogP contribution in [0, 0.1) is 0 Å². The minimum atomic E-state index is -0.463. The fraction of sp³-hybridized carbons (Fsp3) is 0.200. The molecule has 1 amide bonds. The van der Waals surface area contributed by atoms with Crippen molar-refractivity contribution >= 4 is 34.7 Å². The molecule has 8 heteroatoms. The van der Waals surface area contributed by atoms with Gasteiger partial charge in [0.1, 0.15) is 17.9 Å². The number of carbonyl (C=O) groups excluding carboxylic acids is 1. The molecule has 38 heavy (non-hydrogen) atoms. The van der Waals surface area contributed by atoms with Crippen LogP contribution in [0.2, 0.25) is 5.02 Å². The fourth-order valence-corrected chi connectivity index (χ4v) is 3.96. The summed E-state index contributed by atoms with van der Waals surface area (Å²) in [6.45, 7) is 9.05. The number of furan rings is 1. The Kier molecular flexibility index (Phi) is 9.06. The third-order valence-corrected chi connectivity index (χ3v) is 5.77. The van der Waals surface area contributed by atoms with E-state index in [1.54, 1.807) is 30.5 Å². The predicted molar refractivity (Wildman–Crippen MR) is 150 cm³/mol. The van der Waals surface area contributed by atoms with Gasteiger partial charge in [0.15, 0.2) is 17.3 Å². The van der Waals surface area contributed by atoms with Gasteiger partial charge in [0.25, 0.3) is 0 Å². The van der Waals surface area contributed by atoms with Gasteiger partial charge in [-0.2, -0.15) is 5.10 Å². The number of ether oxygens (including phenoxy) is 3. The van der Waals surface area contributed by atoms with Crippen LogP contribution >= 0.6 is 11.6 Å². The summed E-state index contributed by atoms with van der Waals surface area (Å²) in [5.74, 6) is 1.62. The number of amides is 1. The summed E-state index contributed by atoms with van der Waals surface area (Å²) in [5.41, 5.74) is 5.71. The first-order valence-electron chi connectivity index (χ1n) is 12.3. The second kappa shape index (κ2) is 12.8. The average Bonchev–Trinajstić information content (AvgIpc) is 3.33. The Bertz CT molecular complexity index is 1440. The Labute approximate surface area is 226 Å². The predicted octanol–water partition coefficient (Wildman–Crippen LogP) is 6.96. The van der Waals surface area contributed by atoms with Gasteiger partial charge in [-0.1, -0.05) is 29.8 Å². The van der Waals surface area contributed by atoms with Crippen molar-refractivity contribution < 1.29 is 23.4 Å². The van der Waals surface area contributed by atoms with Gasteiger partial charge in [-0.15, -0.1) is 6.58 Å². The highest BCUT2D eigenvalue weighted by molar-refractivity contribution is 6.30. The van der Waals surface area contributed by atoms with Crippen molar-refractivity contribution in [2.45, 2.75) is 26.9 Å². The lowest BCUT2D eigenvalue weighted by Crippen LogP contribution is -2.16. The van der Waals surface area contributed by atoms with Gasteiger partial charge in [-0.05, 0) is 79.9 Å². The summed E-state index contributed by atoms with van der Waals surface area (Å²) in [7, 11) is 0. The summed E-state index contributed by atoms with van der Waals surface area (Å²) >= 11 is 5.99. The number of nitrogens with zero attached hydrogens (tertiary/aromatic N) is 1. The van der Waals surface area contributed by atoms with Crippen LogP contribution in [-0.2, 0) is 13.0 Å². The first-order valence-corrected chi connectivity index (χ1v) is 12.7. The van der Waals surface area contributed by atoms with Crippen LogP contribution in [0.1, 0.15) is 41.1 Å². The quantitative estimate of drug-likeness (QED) is 0.121. The number of allylic oxidation sites excluding steroid dienone is 1. The molecule has 0 saturated carbocycles. The molecule has 1 N–H and O–H groups in total. The number of nitrogens with one attached hydrogen (secondary N) is 1. The van der Waals surface area contributed by atoms with E-state index >= 15 is 0 Å². The third-order valence-electron chi connectivity index (χ3n) is 5.52. The van der Waals surface area contributed by atoms with Crippen molar-refractivity contribution in [2.24, 2.45) is 5.10 Å². The Morgan fingerprint density at radius 3 is 2.55 bits per heavy atom. The van der Waals surface area contributed by atoms with E-state index in [-0.39, 0.29) is 5.76 Å². The van der Waals surface area contributed by atoms with Crippen LogP contribution in [0.3, 0.4) is 0 Å². The monoisotopic (exact) mass is 532 g/mol. The maximum Gasteiger partial charge on any atom is 0.307 e. The van der Waals surface area contributed by atoms with E-state index in [1.165, 1.54) is 0 Å². The van der Waals surface area contributed by atoms with Gasteiger partial charge in [-0.25, -0.2) is 5.43 Å². The van der Waals surface area contributed by atoms with Crippen LogP contribution in [0.25, 0.3) is 11.0 Å². The zero-order valence-corrected chi connectivity index (χ0v) is 22.1. The van der Waals surface area contributed by atoms with Crippen molar-refractivity contribution in [3.63, 3.8) is 0 Å². The third kappa shape index (κ3) is 6.75. The number of fused-ring (bicyclic) bond motifs is 1. The zero-order valence-electron chi connectivity index (χ0n) is 21.3. The minimum absolute atomic E-state index is 0.152. The minimum Gasteiger partial charge on any atom is -0.494 e. The largest absolute Gasteiger partial charge is 0.494 e. The maximum absolute atomic E-state index is 12.6. The molecule has 0 saturated heterocycles. The summed E-state index contributed by atoms with van der Waals surface area (Å²) in [6.07, 6.45) is 3.90. The Hall–Kier alpha value is -4.23. The highest BCUT2D eigenvalue weighted by Gasteiger charge is 2.15. The van der Waals surface area contributed by atoms with Crippen molar-refractivity contribution in [3.05, 3.63) is 101 Å². The number of hydrogen-bond acceptors (Lipinski definition) is 6. The topological polar surface area (TPSA) is 82.3 Å². The van der Waals surface area contributed by atoms with Crippen LogP contribution < -0.4 is 19.6 Å². The molecule has 0 spiro atoms. The van der Waals surface area contributed by atoms with Crippen LogP contribution in [0.5, 0.6) is 17.2 Å². The van der Waals surface area contributed by atoms with E-state index in [0.29, 0.717) is 54.1 Å². The van der Waals surface area contributed by atoms with E-state index < -0.39 is 5.91 Å². The van der Waals surface area contributed by atoms with E-state index in [1.807, 2.05) is 56.3 Å². The van der Waals surface area contributed by atoms with Crippen molar-refractivity contribution in [3.8, 4) is 17.2 Å². The number of benzene rings is 3. The summed E-state index contributed by atoms with van der Waals surface area (Å²) < 4.78 is 23.2. The molecular weight excluding hydrogens is 504 g/mol. The Morgan fingerprint density at radius 2 is 1.82 bits per heavy atom. The zero-order chi connectivity index (χ0) is 26.9. The highest BCUT2D eigenvalue weighted by Crippen LogP contribution is 2.34. The number of rotatable bonds is 12. The van der Waals surface area contributed by atoms with Crippen LogP contribution in [-0.4, -0.2) is 25.3 Å². The molecule has 0 aliphatic carbocycles. The van der Waals surface area contributed by atoms with Gasteiger partial charge in [0.05, 0.1) is 19.4 Å². The lowest BCUT2D eigenvalue weighted by molar-refractivity contribution is 0.0929. The van der Waals surface area contributed by atoms with Crippen molar-refractivity contribution in [1.29, 1.82) is 0 Å². The number of hydrazone groups is 1. The van der Waals surface area contributed by atoms with Crippen molar-refractivity contribution in [2.75, 3.05) is 13.2 Å². The lowest BCUT2D eigenvalue weighted by atomic mass is 10.1. The van der Waals surface area contributed by atoms with E-state index in [2.05, 4.69) is 17.1 Å². The highest BCUT2D eigenvalue weighted by atomic mass is 35.5. The Balaban J connectivity index is 1.50. The van der Waals surface area contributed by atoms with Crippen molar-refractivity contribution in [1.82, 2.24) is 5.43 Å². The summed E-state index contributed by atoms with van der Waals surface area (Å²) in [4.78, 5) is 12.6. The first-order chi connectivity index (χ1) is 18.5. The van der Waals surface area contributed by atoms with Gasteiger partial charge >= 0.3 is 5.91 Å². The normalized spacial score (nSPS) is 11.0. The van der Waals surface area contributed by atoms with Gasteiger partial charge in [0, 0.05) is 16.0 Å². The number of carbonyl (C=O) groups is 1. The summed E-state index contributed by atoms with van der Waals surface area (Å²) in [5, 5.41) is 5.57. The molecule has 4 aromatic rings. The molecule has 0 fully saturated rings. The van der Waals surface area contributed by atoms with E-state index in [0.717, 1.165) is 22.1 Å². The van der Waals surface area contributed by atoms with Gasteiger partial charge in [0.2, 0.25) is 0 Å². The lowest BCUT2D eigenvalue weighted by Gasteiger charge is -2.17. The molecule has 1 heterocycles. The van der Waals surface area contributed by atoms with Gasteiger partial charge in [-0.3, -0.25) is 4.79 Å². The average molecular weight is 533 g/mol. The second-order valence-corrected chi connectivity index (χ2v) is 8.73. The molecule has 0 radical (unpaired) electrons. The number of halogens is 1. The SMILES string of the molecule is C=CCc1cc(/C=N/NC(=O)c2cc3cc(OCC)ccc3o2)cc(OCC)c1OCc1ccc(Cl)cc1. The molecule has 1 aromatic heterocycles. The molecule has 196 valence electrons. The van der Waals surface area contributed by atoms with Gasteiger partial charge < -0.3 is 18.6 Å². The van der Waals surface area contributed by atoms with E-state index in [9.17, 15) is 4.79 Å². The first kappa shape index (κ1) is 26.8. The molecule has 0 aliphatic heterocycles. The second-order valence-electron chi connectivity index (χ2n) is 8.29. The number of hydrogen-bond donors (Lipinski definition) is 1. The smallest absolute Gasteiger partial charge is 0.307 e. The van der Waals surface area contributed by atoms with Crippen LogP contribution in [0.4, 0.5) is 0 Å². The maximum atomic E-state index is 12.6. The standard InChI is InChI=1S/C30H29ClN2O5/c1-4-7-22-14-21(15-27(36-6-3)29(22)37-19-20-8-10-24(31)11-9-20)18-32-33-30(34)28-17-23-16-25(35-5-2)12-13-26(23)38-28/h4,8-18H,1,5-7,19H2,2-3H3,(H,33,34)/b32-18+. The van der Waals surface area contributed by atoms with Crippen LogP contribution in [0.15, 0.2) is 82.8 Å². The molecule has 0 unspecified atom stereocenters. The molecule has 4 rings (SSSR count). The fourth-order valence-electron chi connectivity index (χ4n) is 3.84. The molecular formula is C30H29ClN2O5. The molecule has 0 bridgehead atoms.